The maximum absolute atomic E-state index is 12.3. The van der Waals surface area contributed by atoms with Crippen LogP contribution >= 0.6 is 0 Å². The van der Waals surface area contributed by atoms with E-state index in [1.807, 2.05) is 7.05 Å². The number of para-hydroxylation sites is 2. The molecule has 0 aliphatic rings. The molecule has 0 atom stereocenters. The van der Waals surface area contributed by atoms with Crippen molar-refractivity contribution in [1.29, 1.82) is 0 Å². The van der Waals surface area contributed by atoms with Gasteiger partial charge in [0, 0.05) is 37.2 Å². The van der Waals surface area contributed by atoms with E-state index in [2.05, 4.69) is 20.7 Å². The number of nitrogens with one attached hydrogen (secondary N) is 2. The van der Waals surface area contributed by atoms with E-state index in [1.54, 1.807) is 77.5 Å². The SMILES string of the molecule is CNCCNC(=O)c1ccc(-n2nc(-c3ccccc3O)nc2-c2ccccc2O)cc1.O=CO.[V]. The zero-order chi connectivity index (χ0) is 25.2. The monoisotopic (exact) mass is 526 g/mol. The minimum atomic E-state index is -0.250. The predicted octanol–water partition coefficient (Wildman–Crippen LogP) is 2.66. The Morgan fingerprint density at radius 3 is 2.03 bits per heavy atom. The average molecular weight is 526 g/mol. The molecule has 0 aliphatic carbocycles. The van der Waals surface area contributed by atoms with E-state index in [-0.39, 0.29) is 42.4 Å². The van der Waals surface area contributed by atoms with Crippen molar-refractivity contribution in [3.63, 3.8) is 0 Å². The number of amides is 1. The van der Waals surface area contributed by atoms with Crippen LogP contribution in [0.4, 0.5) is 0 Å². The van der Waals surface area contributed by atoms with Crippen LogP contribution in [0, 0.1) is 0 Å². The van der Waals surface area contributed by atoms with Crippen molar-refractivity contribution in [2.24, 2.45) is 0 Å². The molecule has 1 amide bonds. The summed E-state index contributed by atoms with van der Waals surface area (Å²) in [4.78, 5) is 25.3. The number of likely N-dealkylation sites (N-methyl/N-ethyl adjacent to an activating group) is 1. The molecule has 0 fully saturated rings. The second-order valence-corrected chi connectivity index (χ2v) is 7.22. The van der Waals surface area contributed by atoms with Gasteiger partial charge in [0.15, 0.2) is 11.6 Å². The number of rotatable bonds is 7. The van der Waals surface area contributed by atoms with E-state index in [1.165, 1.54) is 0 Å². The molecule has 4 rings (SSSR count). The van der Waals surface area contributed by atoms with Gasteiger partial charge in [0.1, 0.15) is 11.5 Å². The number of phenolic OH excluding ortho intramolecular Hbond substituents is 2. The van der Waals surface area contributed by atoms with E-state index >= 15 is 0 Å². The molecular formula is C25H25N5O5V. The van der Waals surface area contributed by atoms with Crippen LogP contribution in [-0.4, -0.2) is 62.6 Å². The van der Waals surface area contributed by atoms with Crippen LogP contribution in [0.15, 0.2) is 72.8 Å². The summed E-state index contributed by atoms with van der Waals surface area (Å²) in [5.41, 5.74) is 2.15. The number of carbonyl (C=O) groups is 2. The van der Waals surface area contributed by atoms with Crippen molar-refractivity contribution >= 4 is 12.4 Å². The first-order valence-electron chi connectivity index (χ1n) is 10.6. The van der Waals surface area contributed by atoms with E-state index in [9.17, 15) is 15.0 Å². The number of nitrogens with zero attached hydrogens (tertiary/aromatic N) is 3. The molecule has 36 heavy (non-hydrogen) atoms. The molecule has 0 saturated heterocycles. The topological polar surface area (TPSA) is 150 Å². The minimum absolute atomic E-state index is 0. The molecule has 0 bridgehead atoms. The zero-order valence-electron chi connectivity index (χ0n) is 19.4. The molecule has 0 saturated carbocycles. The predicted molar refractivity (Wildman–Crippen MR) is 131 cm³/mol. The van der Waals surface area contributed by atoms with Gasteiger partial charge in [0.25, 0.3) is 12.4 Å². The summed E-state index contributed by atoms with van der Waals surface area (Å²) < 4.78 is 1.58. The molecule has 5 N–H and O–H groups in total. The number of carboxylic acid groups (broad SMARTS) is 1. The molecule has 1 radical (unpaired) electrons. The average Bonchev–Trinajstić information content (AvgIpc) is 3.30. The van der Waals surface area contributed by atoms with Gasteiger partial charge in [-0.05, 0) is 55.6 Å². The standard InChI is InChI=1S/C24H23N5O3.CH2O2.V/c1-25-14-15-26-24(32)16-10-12-17(13-11-16)29-23(19-7-3-5-9-21(19)31)27-22(28-29)18-6-2-4-8-20(18)30;2-1-3;/h2-13,25,30-31H,14-15H2,1H3,(H,26,32);1H,(H,2,3);. The first kappa shape index (κ1) is 28.1. The smallest absolute Gasteiger partial charge is 0.290 e. The molecule has 4 aromatic rings. The Labute approximate surface area is 219 Å². The fraction of sp³-hybridized carbons (Fsp3) is 0.120. The summed E-state index contributed by atoms with van der Waals surface area (Å²) in [6, 6.07) is 20.6. The van der Waals surface area contributed by atoms with Crippen molar-refractivity contribution in [2.75, 3.05) is 20.1 Å². The van der Waals surface area contributed by atoms with Gasteiger partial charge in [-0.1, -0.05) is 24.3 Å². The summed E-state index contributed by atoms with van der Waals surface area (Å²) >= 11 is 0. The Hall–Kier alpha value is -4.12. The number of hydrogen-bond donors (Lipinski definition) is 5. The van der Waals surface area contributed by atoms with Crippen molar-refractivity contribution in [2.45, 2.75) is 0 Å². The van der Waals surface area contributed by atoms with Crippen molar-refractivity contribution in [3.05, 3.63) is 78.4 Å². The van der Waals surface area contributed by atoms with E-state index in [4.69, 9.17) is 9.90 Å². The van der Waals surface area contributed by atoms with Crippen LogP contribution in [0.3, 0.4) is 0 Å². The maximum atomic E-state index is 12.3. The van der Waals surface area contributed by atoms with Gasteiger partial charge in [-0.3, -0.25) is 9.59 Å². The van der Waals surface area contributed by atoms with Crippen LogP contribution in [0.25, 0.3) is 28.5 Å². The Balaban J connectivity index is 0.00000109. The van der Waals surface area contributed by atoms with E-state index in [0.29, 0.717) is 47.1 Å². The van der Waals surface area contributed by atoms with Crippen molar-refractivity contribution < 1.29 is 43.5 Å². The zero-order valence-corrected chi connectivity index (χ0v) is 20.8. The first-order valence-corrected chi connectivity index (χ1v) is 10.6. The molecule has 0 spiro atoms. The number of carbonyl (C=O) groups excluding carboxylic acids is 1. The van der Waals surface area contributed by atoms with Crippen LogP contribution in [0.2, 0.25) is 0 Å². The third-order valence-electron chi connectivity index (χ3n) is 4.93. The van der Waals surface area contributed by atoms with Gasteiger partial charge in [-0.15, -0.1) is 5.10 Å². The molecule has 10 nitrogen and oxygen atoms in total. The summed E-state index contributed by atoms with van der Waals surface area (Å²) in [5, 5.41) is 38.0. The number of hydrogen-bond acceptors (Lipinski definition) is 7. The van der Waals surface area contributed by atoms with Gasteiger partial charge < -0.3 is 26.0 Å². The van der Waals surface area contributed by atoms with Gasteiger partial charge in [0.05, 0.1) is 16.8 Å². The van der Waals surface area contributed by atoms with Gasteiger partial charge in [0.2, 0.25) is 0 Å². The quantitative estimate of drug-likeness (QED) is 0.182. The Bertz CT molecular complexity index is 1290. The number of phenols is 2. The Kier molecular flexibility index (Phi) is 10.7. The van der Waals surface area contributed by atoms with Crippen molar-refractivity contribution in [3.8, 4) is 40.0 Å². The molecule has 11 heteroatoms. The molecule has 0 aliphatic heterocycles. The summed E-state index contributed by atoms with van der Waals surface area (Å²) in [6.45, 7) is 0.962. The van der Waals surface area contributed by atoms with E-state index in [0.717, 1.165) is 0 Å². The molecule has 3 aromatic carbocycles. The third kappa shape index (κ3) is 6.73. The van der Waals surface area contributed by atoms with Crippen LogP contribution < -0.4 is 10.6 Å². The second-order valence-electron chi connectivity index (χ2n) is 7.22. The fourth-order valence-corrected chi connectivity index (χ4v) is 3.26. The molecular weight excluding hydrogens is 501 g/mol. The fourth-order valence-electron chi connectivity index (χ4n) is 3.26. The number of aromatic nitrogens is 3. The first-order chi connectivity index (χ1) is 17.0. The van der Waals surface area contributed by atoms with Crippen LogP contribution in [0.5, 0.6) is 11.5 Å². The summed E-state index contributed by atoms with van der Waals surface area (Å²) in [5.74, 6) is 0.677. The van der Waals surface area contributed by atoms with Gasteiger partial charge in [-0.25, -0.2) is 9.67 Å². The molecule has 185 valence electrons. The van der Waals surface area contributed by atoms with E-state index < -0.39 is 0 Å². The molecule has 1 heterocycles. The Morgan fingerprint density at radius 2 is 1.47 bits per heavy atom. The molecule has 1 aromatic heterocycles. The second kappa shape index (κ2) is 13.7. The van der Waals surface area contributed by atoms with Crippen molar-refractivity contribution in [1.82, 2.24) is 25.4 Å². The molecule has 0 unspecified atom stereocenters. The largest absolute Gasteiger partial charge is 0.507 e. The third-order valence-corrected chi connectivity index (χ3v) is 4.93. The minimum Gasteiger partial charge on any atom is -0.507 e. The van der Waals surface area contributed by atoms with Gasteiger partial charge >= 0.3 is 0 Å². The summed E-state index contributed by atoms with van der Waals surface area (Å²) in [7, 11) is 1.82. The number of benzene rings is 3. The normalized spacial score (nSPS) is 9.92. The Morgan fingerprint density at radius 1 is 0.917 bits per heavy atom. The number of aromatic hydroxyl groups is 2. The summed E-state index contributed by atoms with van der Waals surface area (Å²) in [6.07, 6.45) is 0. The van der Waals surface area contributed by atoms with Crippen LogP contribution in [-0.2, 0) is 23.4 Å². The van der Waals surface area contributed by atoms with Gasteiger partial charge in [-0.2, -0.15) is 0 Å². The van der Waals surface area contributed by atoms with Crippen LogP contribution in [0.1, 0.15) is 10.4 Å². The maximum Gasteiger partial charge on any atom is 0.290 e.